The van der Waals surface area contributed by atoms with Gasteiger partial charge in [0.2, 0.25) is 11.0 Å². The predicted octanol–water partition coefficient (Wildman–Crippen LogP) is 4.63. The van der Waals surface area contributed by atoms with Crippen molar-refractivity contribution in [2.24, 2.45) is 0 Å². The van der Waals surface area contributed by atoms with Crippen LogP contribution < -0.4 is 15.0 Å². The predicted molar refractivity (Wildman–Crippen MR) is 117 cm³/mol. The fraction of sp³-hybridized carbons (Fsp3) is 0.200. The molecule has 7 nitrogen and oxygen atoms in total. The Morgan fingerprint density at radius 2 is 1.93 bits per heavy atom. The number of carbonyl (C=O) groups excluding carboxylic acids is 2. The average Bonchev–Trinajstić information content (AvgIpc) is 3.36. The van der Waals surface area contributed by atoms with E-state index in [0.717, 1.165) is 11.4 Å². The first-order valence-corrected chi connectivity index (χ1v) is 10.6. The highest BCUT2D eigenvalue weighted by Crippen LogP contribution is 2.35. The van der Waals surface area contributed by atoms with E-state index in [1.54, 1.807) is 24.1 Å². The molecule has 4 rings (SSSR count). The van der Waals surface area contributed by atoms with Crippen molar-refractivity contribution in [1.29, 1.82) is 0 Å². The van der Waals surface area contributed by atoms with Crippen LogP contribution >= 0.6 is 34.5 Å². The Kier molecular flexibility index (Phi) is 5.90. The van der Waals surface area contributed by atoms with Crippen LogP contribution in [0.3, 0.4) is 0 Å². The third-order valence-corrected chi connectivity index (χ3v) is 6.44. The summed E-state index contributed by atoms with van der Waals surface area (Å²) in [5.41, 5.74) is 1.17. The number of benzene rings is 2. The van der Waals surface area contributed by atoms with E-state index in [0.29, 0.717) is 38.7 Å². The Labute approximate surface area is 186 Å². The summed E-state index contributed by atoms with van der Waals surface area (Å²) >= 11 is 13.1. The van der Waals surface area contributed by atoms with Crippen LogP contribution in [0.5, 0.6) is 5.75 Å². The summed E-state index contributed by atoms with van der Waals surface area (Å²) in [7, 11) is 1.60. The van der Waals surface area contributed by atoms with Gasteiger partial charge < -0.3 is 9.64 Å². The minimum Gasteiger partial charge on any atom is -0.497 e. The molecule has 0 aliphatic carbocycles. The molecule has 2 amide bonds. The summed E-state index contributed by atoms with van der Waals surface area (Å²) in [6.45, 7) is 0.501. The first kappa shape index (κ1) is 20.6. The van der Waals surface area contributed by atoms with Crippen LogP contribution in [0.4, 0.5) is 10.8 Å². The maximum atomic E-state index is 12.5. The molecule has 2 heterocycles. The lowest BCUT2D eigenvalue weighted by Crippen LogP contribution is -2.24. The van der Waals surface area contributed by atoms with Crippen LogP contribution in [-0.2, 0) is 4.79 Å². The van der Waals surface area contributed by atoms with E-state index in [1.165, 1.54) is 17.4 Å². The summed E-state index contributed by atoms with van der Waals surface area (Å²) in [5.74, 6) is 0.293. The van der Waals surface area contributed by atoms with Gasteiger partial charge in [0, 0.05) is 30.1 Å². The van der Waals surface area contributed by atoms with Gasteiger partial charge in [0.15, 0.2) is 0 Å². The lowest BCUT2D eigenvalue weighted by molar-refractivity contribution is -0.117. The number of methoxy groups -OCH3 is 1. The second-order valence-electron chi connectivity index (χ2n) is 6.63. The van der Waals surface area contributed by atoms with Gasteiger partial charge in [0.25, 0.3) is 5.91 Å². The van der Waals surface area contributed by atoms with Crippen molar-refractivity contribution in [3.8, 4) is 5.75 Å². The van der Waals surface area contributed by atoms with Crippen molar-refractivity contribution >= 4 is 57.2 Å². The summed E-state index contributed by atoms with van der Waals surface area (Å²) in [6.07, 6.45) is 0.335. The Balaban J connectivity index is 1.44. The number of carbonyl (C=O) groups is 2. The number of aromatic nitrogens is 2. The number of halogens is 2. The van der Waals surface area contributed by atoms with Gasteiger partial charge in [0.05, 0.1) is 17.2 Å². The highest BCUT2D eigenvalue weighted by Gasteiger charge is 2.34. The second-order valence-corrected chi connectivity index (χ2v) is 8.46. The molecule has 1 atom stereocenters. The highest BCUT2D eigenvalue weighted by molar-refractivity contribution is 7.15. The molecule has 2 aromatic carbocycles. The van der Waals surface area contributed by atoms with Crippen LogP contribution in [0.25, 0.3) is 0 Å². The number of nitrogens with one attached hydrogen (secondary N) is 1. The zero-order valence-electron chi connectivity index (χ0n) is 15.8. The van der Waals surface area contributed by atoms with Gasteiger partial charge in [-0.15, -0.1) is 10.2 Å². The van der Waals surface area contributed by atoms with Gasteiger partial charge in [0.1, 0.15) is 10.8 Å². The molecule has 3 aromatic rings. The van der Waals surface area contributed by atoms with Crippen LogP contribution in [-0.4, -0.2) is 35.7 Å². The number of nitrogens with zero attached hydrogens (tertiary/aromatic N) is 3. The molecule has 0 radical (unpaired) electrons. The zero-order chi connectivity index (χ0) is 21.3. The van der Waals surface area contributed by atoms with Crippen molar-refractivity contribution in [3.05, 3.63) is 63.1 Å². The second kappa shape index (κ2) is 8.59. The van der Waals surface area contributed by atoms with Gasteiger partial charge in [-0.05, 0) is 42.5 Å². The molecular weight excluding hydrogens is 447 g/mol. The van der Waals surface area contributed by atoms with Gasteiger partial charge >= 0.3 is 0 Å². The SMILES string of the molecule is COc1ccc(N2CC(c3nnc(NC(=O)c4ccc(Cl)c(Cl)c4)s3)CC2=O)cc1. The zero-order valence-corrected chi connectivity index (χ0v) is 18.1. The molecule has 1 aliphatic heterocycles. The molecule has 1 aromatic heterocycles. The molecular formula is C20H16Cl2N4O3S. The van der Waals surface area contributed by atoms with Crippen molar-refractivity contribution in [2.75, 3.05) is 23.9 Å². The normalized spacial score (nSPS) is 16.0. The van der Waals surface area contributed by atoms with Crippen LogP contribution in [0.1, 0.15) is 27.7 Å². The summed E-state index contributed by atoms with van der Waals surface area (Å²) < 4.78 is 5.16. The molecule has 0 spiro atoms. The number of rotatable bonds is 5. The number of hydrogen-bond donors (Lipinski definition) is 1. The minimum absolute atomic E-state index is 0.0155. The smallest absolute Gasteiger partial charge is 0.257 e. The van der Waals surface area contributed by atoms with Gasteiger partial charge in [-0.25, -0.2) is 0 Å². The van der Waals surface area contributed by atoms with E-state index < -0.39 is 0 Å². The maximum Gasteiger partial charge on any atom is 0.257 e. The monoisotopic (exact) mass is 462 g/mol. The van der Waals surface area contributed by atoms with Crippen LogP contribution in [0.15, 0.2) is 42.5 Å². The molecule has 1 N–H and O–H groups in total. The Hall–Kier alpha value is -2.68. The number of ether oxygens (including phenoxy) is 1. The van der Waals surface area contributed by atoms with E-state index in [2.05, 4.69) is 15.5 Å². The minimum atomic E-state index is -0.362. The molecule has 1 saturated heterocycles. The lowest BCUT2D eigenvalue weighted by atomic mass is 10.1. The van der Waals surface area contributed by atoms with E-state index in [4.69, 9.17) is 27.9 Å². The van der Waals surface area contributed by atoms with Crippen molar-refractivity contribution in [3.63, 3.8) is 0 Å². The van der Waals surface area contributed by atoms with Crippen LogP contribution in [0.2, 0.25) is 10.0 Å². The molecule has 1 unspecified atom stereocenters. The molecule has 0 bridgehead atoms. The quantitative estimate of drug-likeness (QED) is 0.597. The standard InChI is InChI=1S/C20H16Cl2N4O3S/c1-29-14-5-3-13(4-6-14)26-10-12(9-17(26)27)19-24-25-20(30-19)23-18(28)11-2-7-15(21)16(22)8-11/h2-8,12H,9-10H2,1H3,(H,23,25,28). The Bertz CT molecular complexity index is 1100. The Morgan fingerprint density at radius 3 is 2.63 bits per heavy atom. The van der Waals surface area contributed by atoms with Gasteiger partial charge in [-0.2, -0.15) is 0 Å². The first-order chi connectivity index (χ1) is 14.4. The fourth-order valence-corrected chi connectivity index (χ4v) is 4.27. The number of hydrogen-bond acceptors (Lipinski definition) is 6. The fourth-order valence-electron chi connectivity index (χ4n) is 3.14. The maximum absolute atomic E-state index is 12.5. The Morgan fingerprint density at radius 1 is 1.17 bits per heavy atom. The molecule has 1 aliphatic rings. The van der Waals surface area contributed by atoms with Crippen molar-refractivity contribution in [1.82, 2.24) is 10.2 Å². The van der Waals surface area contributed by atoms with Gasteiger partial charge in [-0.3, -0.25) is 14.9 Å². The molecule has 1 fully saturated rings. The molecule has 10 heteroatoms. The van der Waals surface area contributed by atoms with E-state index in [-0.39, 0.29) is 17.7 Å². The van der Waals surface area contributed by atoms with Crippen LogP contribution in [0, 0.1) is 0 Å². The largest absolute Gasteiger partial charge is 0.497 e. The van der Waals surface area contributed by atoms with E-state index >= 15 is 0 Å². The third kappa shape index (κ3) is 4.26. The first-order valence-electron chi connectivity index (χ1n) is 8.99. The third-order valence-electron chi connectivity index (χ3n) is 4.70. The topological polar surface area (TPSA) is 84.4 Å². The van der Waals surface area contributed by atoms with Crippen molar-refractivity contribution < 1.29 is 14.3 Å². The lowest BCUT2D eigenvalue weighted by Gasteiger charge is -2.16. The number of anilines is 2. The van der Waals surface area contributed by atoms with E-state index in [1.807, 2.05) is 24.3 Å². The molecule has 30 heavy (non-hydrogen) atoms. The van der Waals surface area contributed by atoms with Gasteiger partial charge in [-0.1, -0.05) is 34.5 Å². The van der Waals surface area contributed by atoms with Crippen molar-refractivity contribution in [2.45, 2.75) is 12.3 Å². The number of amides is 2. The summed E-state index contributed by atoms with van der Waals surface area (Å²) in [6, 6.07) is 12.0. The summed E-state index contributed by atoms with van der Waals surface area (Å²) in [5, 5.41) is 12.7. The molecule has 154 valence electrons. The summed E-state index contributed by atoms with van der Waals surface area (Å²) in [4.78, 5) is 26.6. The molecule has 0 saturated carbocycles. The average molecular weight is 463 g/mol. The van der Waals surface area contributed by atoms with E-state index in [9.17, 15) is 9.59 Å². The highest BCUT2D eigenvalue weighted by atomic mass is 35.5.